The summed E-state index contributed by atoms with van der Waals surface area (Å²) in [6.07, 6.45) is 3.72. The van der Waals surface area contributed by atoms with Gasteiger partial charge in [-0.2, -0.15) is 4.31 Å². The quantitative estimate of drug-likeness (QED) is 0.607. The second-order valence-electron chi connectivity index (χ2n) is 8.52. The van der Waals surface area contributed by atoms with Crippen molar-refractivity contribution in [3.05, 3.63) is 48.5 Å². The van der Waals surface area contributed by atoms with Crippen molar-refractivity contribution in [3.8, 4) is 11.5 Å². The van der Waals surface area contributed by atoms with Crippen molar-refractivity contribution in [2.45, 2.75) is 43.9 Å². The maximum Gasteiger partial charge on any atom is 0.243 e. The third-order valence-corrected chi connectivity index (χ3v) is 8.12. The molecule has 1 amide bonds. The Kier molecular flexibility index (Phi) is 7.55. The monoisotopic (exact) mass is 472 g/mol. The average molecular weight is 473 g/mol. The zero-order valence-corrected chi connectivity index (χ0v) is 19.9. The van der Waals surface area contributed by atoms with E-state index in [2.05, 4.69) is 6.92 Å². The SMILES string of the molecule is CCCCN(C(=O)C1CCN(S(=O)(=O)c2ccc3c(c2)OCCCO3)CC1)c1ccccc1. The highest BCUT2D eigenvalue weighted by Crippen LogP contribution is 2.34. The lowest BCUT2D eigenvalue weighted by Crippen LogP contribution is -2.44. The van der Waals surface area contributed by atoms with Crippen molar-refractivity contribution in [2.24, 2.45) is 5.92 Å². The summed E-state index contributed by atoms with van der Waals surface area (Å²) in [6, 6.07) is 14.5. The van der Waals surface area contributed by atoms with E-state index in [1.54, 1.807) is 18.2 Å². The topological polar surface area (TPSA) is 76.2 Å². The van der Waals surface area contributed by atoms with Gasteiger partial charge in [-0.1, -0.05) is 31.5 Å². The Morgan fingerprint density at radius 3 is 2.42 bits per heavy atom. The number of sulfonamides is 1. The summed E-state index contributed by atoms with van der Waals surface area (Å²) in [4.78, 5) is 15.4. The smallest absolute Gasteiger partial charge is 0.243 e. The summed E-state index contributed by atoms with van der Waals surface area (Å²) in [6.45, 7) is 4.48. The molecule has 2 aliphatic rings. The van der Waals surface area contributed by atoms with E-state index >= 15 is 0 Å². The molecule has 8 heteroatoms. The predicted molar refractivity (Wildman–Crippen MR) is 127 cm³/mol. The fourth-order valence-electron chi connectivity index (χ4n) is 4.31. The molecule has 2 aromatic rings. The molecule has 2 heterocycles. The Labute approximate surface area is 196 Å². The minimum absolute atomic E-state index is 0.0854. The van der Waals surface area contributed by atoms with E-state index in [0.29, 0.717) is 57.2 Å². The molecule has 0 unspecified atom stereocenters. The lowest BCUT2D eigenvalue weighted by atomic mass is 9.96. The normalized spacial score (nSPS) is 17.4. The largest absolute Gasteiger partial charge is 0.490 e. The van der Waals surface area contributed by atoms with Gasteiger partial charge in [0, 0.05) is 43.7 Å². The van der Waals surface area contributed by atoms with Crippen molar-refractivity contribution >= 4 is 21.6 Å². The summed E-state index contributed by atoms with van der Waals surface area (Å²) in [7, 11) is -3.67. The number of carbonyl (C=O) groups excluding carboxylic acids is 1. The van der Waals surface area contributed by atoms with E-state index in [4.69, 9.17) is 9.47 Å². The molecule has 2 aromatic carbocycles. The summed E-state index contributed by atoms with van der Waals surface area (Å²) in [5.74, 6) is 0.941. The van der Waals surface area contributed by atoms with Crippen LogP contribution in [-0.4, -0.2) is 51.5 Å². The van der Waals surface area contributed by atoms with Gasteiger partial charge in [0.15, 0.2) is 11.5 Å². The highest BCUT2D eigenvalue weighted by Gasteiger charge is 2.34. The number of rotatable bonds is 7. The molecule has 7 nitrogen and oxygen atoms in total. The van der Waals surface area contributed by atoms with E-state index in [9.17, 15) is 13.2 Å². The van der Waals surface area contributed by atoms with Crippen molar-refractivity contribution in [1.82, 2.24) is 4.31 Å². The van der Waals surface area contributed by atoms with Crippen LogP contribution in [0.1, 0.15) is 39.0 Å². The summed E-state index contributed by atoms with van der Waals surface area (Å²) >= 11 is 0. The van der Waals surface area contributed by atoms with Crippen molar-refractivity contribution in [2.75, 3.05) is 37.7 Å². The van der Waals surface area contributed by atoms with Gasteiger partial charge in [0.1, 0.15) is 0 Å². The minimum atomic E-state index is -3.67. The number of anilines is 1. The standard InChI is InChI=1S/C25H32N2O5S/c1-2-3-14-27(21-8-5-4-6-9-21)25(28)20-12-15-26(16-13-20)33(29,30)22-10-11-23-24(19-22)32-18-7-17-31-23/h4-6,8-11,19-20H,2-3,7,12-18H2,1H3. The molecule has 0 bridgehead atoms. The van der Waals surface area contributed by atoms with Gasteiger partial charge in [-0.25, -0.2) is 8.42 Å². The van der Waals surface area contributed by atoms with Gasteiger partial charge in [-0.3, -0.25) is 4.79 Å². The molecule has 0 N–H and O–H groups in total. The van der Waals surface area contributed by atoms with Crippen LogP contribution in [0.5, 0.6) is 11.5 Å². The molecule has 0 saturated carbocycles. The van der Waals surface area contributed by atoms with E-state index in [1.807, 2.05) is 35.2 Å². The molecular weight excluding hydrogens is 440 g/mol. The first-order chi connectivity index (χ1) is 16.0. The number of amides is 1. The third kappa shape index (κ3) is 5.33. The summed E-state index contributed by atoms with van der Waals surface area (Å²) < 4.78 is 39.3. The van der Waals surface area contributed by atoms with Gasteiger partial charge < -0.3 is 14.4 Å². The number of nitrogens with zero attached hydrogens (tertiary/aromatic N) is 2. The number of hydrogen-bond donors (Lipinski definition) is 0. The number of para-hydroxylation sites is 1. The fourth-order valence-corrected chi connectivity index (χ4v) is 5.79. The van der Waals surface area contributed by atoms with Crippen LogP contribution in [0.2, 0.25) is 0 Å². The molecule has 1 saturated heterocycles. The van der Waals surface area contributed by atoms with Crippen molar-refractivity contribution in [1.29, 1.82) is 0 Å². The fraction of sp³-hybridized carbons (Fsp3) is 0.480. The second kappa shape index (κ2) is 10.6. The van der Waals surface area contributed by atoms with E-state index in [1.165, 1.54) is 4.31 Å². The lowest BCUT2D eigenvalue weighted by molar-refractivity contribution is -0.123. The van der Waals surface area contributed by atoms with Crippen LogP contribution in [0.3, 0.4) is 0 Å². The highest BCUT2D eigenvalue weighted by atomic mass is 32.2. The van der Waals surface area contributed by atoms with Crippen LogP contribution in [0.15, 0.2) is 53.4 Å². The number of fused-ring (bicyclic) bond motifs is 1. The Balaban J connectivity index is 1.44. The van der Waals surface area contributed by atoms with Crippen molar-refractivity contribution in [3.63, 3.8) is 0 Å². The van der Waals surface area contributed by atoms with Crippen LogP contribution in [0.4, 0.5) is 5.69 Å². The summed E-state index contributed by atoms with van der Waals surface area (Å²) in [5, 5.41) is 0. The van der Waals surface area contributed by atoms with Crippen LogP contribution in [0, 0.1) is 5.92 Å². The van der Waals surface area contributed by atoms with Gasteiger partial charge in [-0.05, 0) is 43.5 Å². The van der Waals surface area contributed by atoms with Crippen LogP contribution < -0.4 is 14.4 Å². The minimum Gasteiger partial charge on any atom is -0.490 e. The van der Waals surface area contributed by atoms with Gasteiger partial charge in [0.25, 0.3) is 0 Å². The molecule has 0 atom stereocenters. The van der Waals surface area contributed by atoms with Crippen LogP contribution >= 0.6 is 0 Å². The number of benzene rings is 2. The molecule has 2 aliphatic heterocycles. The van der Waals surface area contributed by atoms with Gasteiger partial charge >= 0.3 is 0 Å². The predicted octanol–water partition coefficient (Wildman–Crippen LogP) is 4.08. The van der Waals surface area contributed by atoms with E-state index in [0.717, 1.165) is 24.9 Å². The number of ether oxygens (including phenoxy) is 2. The first-order valence-electron chi connectivity index (χ1n) is 11.8. The van der Waals surface area contributed by atoms with Crippen molar-refractivity contribution < 1.29 is 22.7 Å². The molecule has 178 valence electrons. The van der Waals surface area contributed by atoms with Crippen LogP contribution in [0.25, 0.3) is 0 Å². The Morgan fingerprint density at radius 2 is 1.73 bits per heavy atom. The van der Waals surface area contributed by atoms with E-state index < -0.39 is 10.0 Å². The first-order valence-corrected chi connectivity index (χ1v) is 13.2. The zero-order chi connectivity index (χ0) is 23.3. The average Bonchev–Trinajstić information content (AvgIpc) is 3.10. The molecule has 4 rings (SSSR count). The Bertz CT molecular complexity index is 1050. The molecule has 0 aliphatic carbocycles. The Hall–Kier alpha value is -2.58. The molecular formula is C25H32N2O5S. The van der Waals surface area contributed by atoms with Gasteiger partial charge in [0.2, 0.25) is 15.9 Å². The number of piperidine rings is 1. The van der Waals surface area contributed by atoms with Crippen LogP contribution in [-0.2, 0) is 14.8 Å². The highest BCUT2D eigenvalue weighted by molar-refractivity contribution is 7.89. The number of hydrogen-bond acceptors (Lipinski definition) is 5. The van der Waals surface area contributed by atoms with E-state index in [-0.39, 0.29) is 16.7 Å². The maximum absolute atomic E-state index is 13.4. The molecule has 33 heavy (non-hydrogen) atoms. The number of carbonyl (C=O) groups is 1. The second-order valence-corrected chi connectivity index (χ2v) is 10.5. The molecule has 0 aromatic heterocycles. The van der Waals surface area contributed by atoms with Gasteiger partial charge in [-0.15, -0.1) is 0 Å². The number of unbranched alkanes of at least 4 members (excludes halogenated alkanes) is 1. The molecule has 1 fully saturated rings. The molecule has 0 radical (unpaired) electrons. The maximum atomic E-state index is 13.4. The Morgan fingerprint density at radius 1 is 1.03 bits per heavy atom. The summed E-state index contributed by atoms with van der Waals surface area (Å²) in [5.41, 5.74) is 0.901. The first kappa shape index (κ1) is 23.6. The molecule has 0 spiro atoms. The lowest BCUT2D eigenvalue weighted by Gasteiger charge is -2.34. The van der Waals surface area contributed by atoms with Gasteiger partial charge in [0.05, 0.1) is 18.1 Å². The third-order valence-electron chi connectivity index (χ3n) is 6.23. The zero-order valence-electron chi connectivity index (χ0n) is 19.1.